The van der Waals surface area contributed by atoms with E-state index < -0.39 is 26.8 Å². The van der Waals surface area contributed by atoms with Crippen molar-refractivity contribution in [2.45, 2.75) is 31.1 Å². The third-order valence-corrected chi connectivity index (χ3v) is 5.58. The van der Waals surface area contributed by atoms with Gasteiger partial charge in [0.2, 0.25) is 5.91 Å². The molecule has 20 heavy (non-hydrogen) atoms. The second kappa shape index (κ2) is 5.88. The Kier molecular flexibility index (Phi) is 4.39. The molecule has 0 aromatic heterocycles. The Balaban J connectivity index is 2.15. The fraction of sp³-hybridized carbons (Fsp3) is 0.462. The van der Waals surface area contributed by atoms with E-state index in [-0.39, 0.29) is 17.9 Å². The first kappa shape index (κ1) is 14.9. The molecule has 3 N–H and O–H groups in total. The van der Waals surface area contributed by atoms with E-state index in [4.69, 9.17) is 5.73 Å². The Morgan fingerprint density at radius 3 is 2.80 bits per heavy atom. The van der Waals surface area contributed by atoms with E-state index in [0.29, 0.717) is 18.5 Å². The van der Waals surface area contributed by atoms with E-state index in [1.807, 2.05) is 0 Å². The molecule has 7 heteroatoms. The highest BCUT2D eigenvalue weighted by Crippen LogP contribution is 2.22. The topological polar surface area (TPSA) is 89.3 Å². The number of rotatable bonds is 3. The molecule has 0 aliphatic carbocycles. The highest BCUT2D eigenvalue weighted by Gasteiger charge is 2.34. The molecular formula is C13H17FN2O3S. The summed E-state index contributed by atoms with van der Waals surface area (Å²) in [6.07, 6.45) is 1.65. The summed E-state index contributed by atoms with van der Waals surface area (Å²) < 4.78 is 37.0. The zero-order valence-electron chi connectivity index (χ0n) is 10.9. The summed E-state index contributed by atoms with van der Waals surface area (Å²) in [7, 11) is -3.38. The van der Waals surface area contributed by atoms with Crippen LogP contribution in [0, 0.1) is 5.82 Å². The van der Waals surface area contributed by atoms with Crippen molar-refractivity contribution in [2.24, 2.45) is 5.73 Å². The molecule has 1 saturated heterocycles. The lowest BCUT2D eigenvalue weighted by Crippen LogP contribution is -2.39. The van der Waals surface area contributed by atoms with Crippen LogP contribution in [0.25, 0.3) is 0 Å². The Labute approximate surface area is 117 Å². The van der Waals surface area contributed by atoms with Crippen molar-refractivity contribution < 1.29 is 17.6 Å². The number of carbonyl (C=O) groups excluding carboxylic acids is 1. The molecule has 0 bridgehead atoms. The zero-order chi connectivity index (χ0) is 14.8. The van der Waals surface area contributed by atoms with Gasteiger partial charge in [0, 0.05) is 17.8 Å². The number of halogens is 1. The Morgan fingerprint density at radius 1 is 1.40 bits per heavy atom. The molecule has 5 nitrogen and oxygen atoms in total. The maximum atomic E-state index is 13.3. The van der Waals surface area contributed by atoms with Crippen molar-refractivity contribution in [3.63, 3.8) is 0 Å². The van der Waals surface area contributed by atoms with E-state index in [0.717, 1.165) is 6.42 Å². The molecule has 1 amide bonds. The van der Waals surface area contributed by atoms with Gasteiger partial charge in [-0.25, -0.2) is 12.8 Å². The fourth-order valence-corrected chi connectivity index (χ4v) is 4.08. The molecule has 0 spiro atoms. The second-order valence-corrected chi connectivity index (χ2v) is 7.15. The number of anilines is 1. The van der Waals surface area contributed by atoms with Crippen LogP contribution in [0.2, 0.25) is 0 Å². The highest BCUT2D eigenvalue weighted by atomic mass is 32.2. The first-order valence-corrected chi connectivity index (χ1v) is 8.16. The molecule has 1 aromatic carbocycles. The molecular weight excluding hydrogens is 283 g/mol. The summed E-state index contributed by atoms with van der Waals surface area (Å²) in [6, 6.07) is 4.01. The maximum Gasteiger partial charge on any atom is 0.242 e. The first-order chi connectivity index (χ1) is 9.44. The molecule has 1 heterocycles. The Bertz CT molecular complexity index is 616. The normalized spacial score (nSPS) is 21.4. The molecule has 1 aliphatic heterocycles. The number of sulfone groups is 1. The van der Waals surface area contributed by atoms with Crippen LogP contribution in [0.4, 0.5) is 10.1 Å². The average molecular weight is 300 g/mol. The average Bonchev–Trinajstić information content (AvgIpc) is 2.40. The smallest absolute Gasteiger partial charge is 0.242 e. The minimum absolute atomic E-state index is 0.0112. The van der Waals surface area contributed by atoms with Gasteiger partial charge in [-0.3, -0.25) is 4.79 Å². The summed E-state index contributed by atoms with van der Waals surface area (Å²) >= 11 is 0. The van der Waals surface area contributed by atoms with Crippen LogP contribution in [-0.2, 0) is 21.2 Å². The third-order valence-electron chi connectivity index (χ3n) is 3.40. The van der Waals surface area contributed by atoms with Gasteiger partial charge in [0.25, 0.3) is 0 Å². The monoisotopic (exact) mass is 300 g/mol. The minimum Gasteiger partial charge on any atom is -0.326 e. The molecule has 0 radical (unpaired) electrons. The lowest BCUT2D eigenvalue weighted by atomic mass is 10.1. The lowest BCUT2D eigenvalue weighted by Gasteiger charge is -2.21. The number of nitrogens with two attached hydrogens (primary N) is 1. The Hall–Kier alpha value is -1.47. The molecule has 1 fully saturated rings. The van der Waals surface area contributed by atoms with Gasteiger partial charge >= 0.3 is 0 Å². The van der Waals surface area contributed by atoms with Gasteiger partial charge in [0.1, 0.15) is 11.1 Å². The van der Waals surface area contributed by atoms with Gasteiger partial charge in [-0.15, -0.1) is 0 Å². The Morgan fingerprint density at radius 2 is 2.15 bits per heavy atom. The molecule has 1 atom stereocenters. The number of nitrogens with one attached hydrogen (secondary N) is 1. The quantitative estimate of drug-likeness (QED) is 0.877. The molecule has 2 rings (SSSR count). The van der Waals surface area contributed by atoms with Gasteiger partial charge in [-0.2, -0.15) is 0 Å². The van der Waals surface area contributed by atoms with Crippen LogP contribution < -0.4 is 11.1 Å². The molecule has 1 aliphatic rings. The van der Waals surface area contributed by atoms with Crippen LogP contribution >= 0.6 is 0 Å². The predicted octanol–water partition coefficient (Wildman–Crippen LogP) is 1.19. The first-order valence-electron chi connectivity index (χ1n) is 6.45. The number of hydrogen-bond acceptors (Lipinski definition) is 4. The van der Waals surface area contributed by atoms with E-state index in [1.54, 1.807) is 0 Å². The van der Waals surface area contributed by atoms with Crippen LogP contribution in [0.1, 0.15) is 24.8 Å². The molecule has 1 aromatic rings. The highest BCUT2D eigenvalue weighted by molar-refractivity contribution is 7.92. The van der Waals surface area contributed by atoms with Gasteiger partial charge in [0.05, 0.1) is 5.75 Å². The van der Waals surface area contributed by atoms with Crippen molar-refractivity contribution in [2.75, 3.05) is 11.1 Å². The molecule has 110 valence electrons. The number of hydrogen-bond donors (Lipinski definition) is 2. The predicted molar refractivity (Wildman–Crippen MR) is 74.3 cm³/mol. The minimum atomic E-state index is -3.38. The van der Waals surface area contributed by atoms with Gasteiger partial charge < -0.3 is 11.1 Å². The molecule has 0 saturated carbocycles. The number of carbonyl (C=O) groups is 1. The maximum absolute atomic E-state index is 13.3. The standard InChI is InChI=1S/C13H17FN2O3S/c14-11-5-4-10(7-9(11)8-15)16-13(17)12-3-1-2-6-20(12,18)19/h4-5,7,12H,1-3,6,8,15H2,(H,16,17). The molecule has 1 unspecified atom stereocenters. The summed E-state index contributed by atoms with van der Waals surface area (Å²) in [6.45, 7) is 0.0112. The zero-order valence-corrected chi connectivity index (χ0v) is 11.7. The van der Waals surface area contributed by atoms with Gasteiger partial charge in [0.15, 0.2) is 9.84 Å². The van der Waals surface area contributed by atoms with Crippen LogP contribution in [-0.4, -0.2) is 25.3 Å². The number of benzene rings is 1. The third kappa shape index (κ3) is 3.16. The fourth-order valence-electron chi connectivity index (χ4n) is 2.28. The van der Waals surface area contributed by atoms with Crippen molar-refractivity contribution in [3.8, 4) is 0 Å². The largest absolute Gasteiger partial charge is 0.326 e. The van der Waals surface area contributed by atoms with Crippen molar-refractivity contribution in [1.29, 1.82) is 0 Å². The van der Waals surface area contributed by atoms with E-state index in [9.17, 15) is 17.6 Å². The van der Waals surface area contributed by atoms with Crippen molar-refractivity contribution >= 4 is 21.4 Å². The van der Waals surface area contributed by atoms with E-state index in [2.05, 4.69) is 5.32 Å². The van der Waals surface area contributed by atoms with Crippen LogP contribution in [0.5, 0.6) is 0 Å². The van der Waals surface area contributed by atoms with E-state index in [1.165, 1.54) is 18.2 Å². The summed E-state index contributed by atoms with van der Waals surface area (Å²) in [5, 5.41) is 1.52. The van der Waals surface area contributed by atoms with Gasteiger partial charge in [-0.05, 0) is 31.0 Å². The van der Waals surface area contributed by atoms with Crippen molar-refractivity contribution in [3.05, 3.63) is 29.6 Å². The summed E-state index contributed by atoms with van der Waals surface area (Å²) in [4.78, 5) is 12.1. The SMILES string of the molecule is NCc1cc(NC(=O)C2CCCCS2(=O)=O)ccc1F. The van der Waals surface area contributed by atoms with Gasteiger partial charge in [-0.1, -0.05) is 6.42 Å². The lowest BCUT2D eigenvalue weighted by molar-refractivity contribution is -0.116. The summed E-state index contributed by atoms with van der Waals surface area (Å²) in [5.74, 6) is -0.960. The van der Waals surface area contributed by atoms with E-state index >= 15 is 0 Å². The van der Waals surface area contributed by atoms with Crippen LogP contribution in [0.3, 0.4) is 0 Å². The number of amides is 1. The second-order valence-electron chi connectivity index (χ2n) is 4.85. The van der Waals surface area contributed by atoms with Crippen LogP contribution in [0.15, 0.2) is 18.2 Å². The summed E-state index contributed by atoms with van der Waals surface area (Å²) in [5.41, 5.74) is 6.02. The van der Waals surface area contributed by atoms with Crippen molar-refractivity contribution in [1.82, 2.24) is 0 Å².